The molecule has 1 fully saturated rings. The lowest BCUT2D eigenvalue weighted by Crippen LogP contribution is -2.35. The first-order valence-electron chi connectivity index (χ1n) is 6.08. The fourth-order valence-corrected chi connectivity index (χ4v) is 2.09. The maximum Gasteiger partial charge on any atom is 0.167 e. The van der Waals surface area contributed by atoms with Gasteiger partial charge in [0, 0.05) is 25.2 Å². The standard InChI is InChI=1S/C13H19FN2O2/c1-16-5-3-9(4-6-16)18-13-8-12(17-2)10(14)7-11(13)15/h7-9H,3-6,15H2,1-2H3. The summed E-state index contributed by atoms with van der Waals surface area (Å²) in [5, 5.41) is 0. The van der Waals surface area contributed by atoms with Gasteiger partial charge in [-0.1, -0.05) is 0 Å². The number of nitrogens with two attached hydrogens (primary N) is 1. The second-order valence-electron chi connectivity index (χ2n) is 4.65. The lowest BCUT2D eigenvalue weighted by atomic mass is 10.1. The summed E-state index contributed by atoms with van der Waals surface area (Å²) in [6.45, 7) is 2.01. The molecule has 1 aliphatic rings. The molecule has 2 N–H and O–H groups in total. The first-order chi connectivity index (χ1) is 8.60. The van der Waals surface area contributed by atoms with Gasteiger partial charge in [0.15, 0.2) is 11.6 Å². The minimum Gasteiger partial charge on any atom is -0.494 e. The van der Waals surface area contributed by atoms with E-state index in [-0.39, 0.29) is 11.9 Å². The van der Waals surface area contributed by atoms with Crippen LogP contribution in [0.15, 0.2) is 12.1 Å². The second-order valence-corrected chi connectivity index (χ2v) is 4.65. The normalized spacial score (nSPS) is 17.7. The molecule has 0 radical (unpaired) electrons. The number of anilines is 1. The summed E-state index contributed by atoms with van der Waals surface area (Å²) >= 11 is 0. The minimum atomic E-state index is -0.467. The van der Waals surface area contributed by atoms with Gasteiger partial charge >= 0.3 is 0 Å². The zero-order valence-electron chi connectivity index (χ0n) is 10.8. The molecule has 1 aromatic rings. The summed E-state index contributed by atoms with van der Waals surface area (Å²) in [4.78, 5) is 2.26. The highest BCUT2D eigenvalue weighted by atomic mass is 19.1. The minimum absolute atomic E-state index is 0.138. The van der Waals surface area contributed by atoms with Gasteiger partial charge in [0.2, 0.25) is 0 Å². The Labute approximate surface area is 106 Å². The molecule has 0 saturated carbocycles. The van der Waals surface area contributed by atoms with E-state index in [9.17, 15) is 4.39 Å². The number of methoxy groups -OCH3 is 1. The smallest absolute Gasteiger partial charge is 0.167 e. The Balaban J connectivity index is 2.09. The molecule has 2 rings (SSSR count). The first kappa shape index (κ1) is 13.0. The third-order valence-electron chi connectivity index (χ3n) is 3.24. The van der Waals surface area contributed by atoms with Crippen molar-refractivity contribution in [2.45, 2.75) is 18.9 Å². The molecule has 1 aliphatic heterocycles. The van der Waals surface area contributed by atoms with E-state index in [2.05, 4.69) is 11.9 Å². The molecule has 4 nitrogen and oxygen atoms in total. The highest BCUT2D eigenvalue weighted by Gasteiger charge is 2.20. The highest BCUT2D eigenvalue weighted by Crippen LogP contribution is 2.31. The summed E-state index contributed by atoms with van der Waals surface area (Å²) in [5.74, 6) is 0.195. The number of benzene rings is 1. The van der Waals surface area contributed by atoms with Crippen molar-refractivity contribution in [3.63, 3.8) is 0 Å². The molecule has 0 spiro atoms. The molecule has 1 aromatic carbocycles. The number of ether oxygens (including phenoxy) is 2. The lowest BCUT2D eigenvalue weighted by Gasteiger charge is -2.29. The Morgan fingerprint density at radius 3 is 2.56 bits per heavy atom. The van der Waals surface area contributed by atoms with Gasteiger partial charge in [-0.25, -0.2) is 4.39 Å². The molecule has 0 atom stereocenters. The van der Waals surface area contributed by atoms with Crippen molar-refractivity contribution in [1.29, 1.82) is 0 Å². The van der Waals surface area contributed by atoms with Crippen LogP contribution in [-0.4, -0.2) is 38.3 Å². The van der Waals surface area contributed by atoms with Crippen molar-refractivity contribution in [3.05, 3.63) is 17.9 Å². The van der Waals surface area contributed by atoms with Gasteiger partial charge in [0.1, 0.15) is 11.9 Å². The zero-order valence-corrected chi connectivity index (χ0v) is 10.8. The molecule has 1 heterocycles. The Bertz CT molecular complexity index is 418. The third kappa shape index (κ3) is 2.85. The Hall–Kier alpha value is -1.49. The Morgan fingerprint density at radius 2 is 1.94 bits per heavy atom. The van der Waals surface area contributed by atoms with E-state index in [1.165, 1.54) is 19.2 Å². The molecular formula is C13H19FN2O2. The van der Waals surface area contributed by atoms with Gasteiger partial charge < -0.3 is 20.1 Å². The van der Waals surface area contributed by atoms with E-state index >= 15 is 0 Å². The molecule has 0 bridgehead atoms. The number of nitrogen functional groups attached to an aromatic ring is 1. The fourth-order valence-electron chi connectivity index (χ4n) is 2.09. The van der Waals surface area contributed by atoms with Crippen molar-refractivity contribution in [3.8, 4) is 11.5 Å². The van der Waals surface area contributed by atoms with Crippen molar-refractivity contribution < 1.29 is 13.9 Å². The van der Waals surface area contributed by atoms with Crippen molar-refractivity contribution in [1.82, 2.24) is 4.90 Å². The van der Waals surface area contributed by atoms with Crippen molar-refractivity contribution in [2.24, 2.45) is 0 Å². The van der Waals surface area contributed by atoms with Crippen LogP contribution in [0, 0.1) is 5.82 Å². The van der Waals surface area contributed by atoms with Gasteiger partial charge in [0.05, 0.1) is 12.8 Å². The van der Waals surface area contributed by atoms with Crippen LogP contribution in [-0.2, 0) is 0 Å². The van der Waals surface area contributed by atoms with Gasteiger partial charge in [-0.05, 0) is 19.9 Å². The van der Waals surface area contributed by atoms with E-state index in [0.29, 0.717) is 11.4 Å². The number of likely N-dealkylation sites (tertiary alicyclic amines) is 1. The first-order valence-corrected chi connectivity index (χ1v) is 6.08. The molecule has 1 saturated heterocycles. The Kier molecular flexibility index (Phi) is 3.91. The number of halogens is 1. The molecule has 5 heteroatoms. The van der Waals surface area contributed by atoms with Crippen LogP contribution in [0.4, 0.5) is 10.1 Å². The van der Waals surface area contributed by atoms with Crippen LogP contribution in [0.3, 0.4) is 0 Å². The predicted molar refractivity (Wildman–Crippen MR) is 68.5 cm³/mol. The average molecular weight is 254 g/mol. The van der Waals surface area contributed by atoms with E-state index in [1.807, 2.05) is 0 Å². The maximum absolute atomic E-state index is 13.4. The third-order valence-corrected chi connectivity index (χ3v) is 3.24. The van der Waals surface area contributed by atoms with E-state index < -0.39 is 5.82 Å². The van der Waals surface area contributed by atoms with Crippen molar-refractivity contribution in [2.75, 3.05) is 33.0 Å². The monoisotopic (exact) mass is 254 g/mol. The molecular weight excluding hydrogens is 235 g/mol. The summed E-state index contributed by atoms with van der Waals surface area (Å²) < 4.78 is 24.2. The SMILES string of the molecule is COc1cc(OC2CCN(C)CC2)c(N)cc1F. The molecule has 0 amide bonds. The quantitative estimate of drug-likeness (QED) is 0.837. The van der Waals surface area contributed by atoms with Crippen LogP contribution in [0.1, 0.15) is 12.8 Å². The predicted octanol–water partition coefficient (Wildman–Crippen LogP) is 1.89. The van der Waals surface area contributed by atoms with Crippen molar-refractivity contribution >= 4 is 5.69 Å². The van der Waals surface area contributed by atoms with Gasteiger partial charge in [0.25, 0.3) is 0 Å². The molecule has 18 heavy (non-hydrogen) atoms. The maximum atomic E-state index is 13.4. The fraction of sp³-hybridized carbons (Fsp3) is 0.538. The summed E-state index contributed by atoms with van der Waals surface area (Å²) in [5.41, 5.74) is 6.07. The van der Waals surface area contributed by atoms with Gasteiger partial charge in [-0.2, -0.15) is 0 Å². The summed E-state index contributed by atoms with van der Waals surface area (Å²) in [6.07, 6.45) is 2.05. The van der Waals surface area contributed by atoms with Crippen LogP contribution < -0.4 is 15.2 Å². The highest BCUT2D eigenvalue weighted by molar-refractivity contribution is 5.56. The van der Waals surface area contributed by atoms with Crippen LogP contribution in [0.5, 0.6) is 11.5 Å². The van der Waals surface area contributed by atoms with Crippen LogP contribution in [0.25, 0.3) is 0 Å². The number of nitrogens with zero attached hydrogens (tertiary/aromatic N) is 1. The topological polar surface area (TPSA) is 47.7 Å². The number of hydrogen-bond acceptors (Lipinski definition) is 4. The van der Waals surface area contributed by atoms with Crippen LogP contribution >= 0.6 is 0 Å². The largest absolute Gasteiger partial charge is 0.494 e. The van der Waals surface area contributed by atoms with Crippen LogP contribution in [0.2, 0.25) is 0 Å². The molecule has 0 unspecified atom stereocenters. The lowest BCUT2D eigenvalue weighted by molar-refractivity contribution is 0.114. The Morgan fingerprint density at radius 1 is 1.28 bits per heavy atom. The molecule has 0 aromatic heterocycles. The summed E-state index contributed by atoms with van der Waals surface area (Å²) in [7, 11) is 3.51. The van der Waals surface area contributed by atoms with E-state index in [0.717, 1.165) is 25.9 Å². The molecule has 100 valence electrons. The zero-order chi connectivity index (χ0) is 13.1. The number of hydrogen-bond donors (Lipinski definition) is 1. The van der Waals surface area contributed by atoms with Gasteiger partial charge in [-0.15, -0.1) is 0 Å². The second kappa shape index (κ2) is 5.44. The average Bonchev–Trinajstić information content (AvgIpc) is 2.35. The summed E-state index contributed by atoms with van der Waals surface area (Å²) in [6, 6.07) is 2.76. The van der Waals surface area contributed by atoms with E-state index in [1.54, 1.807) is 0 Å². The molecule has 0 aliphatic carbocycles. The van der Waals surface area contributed by atoms with Gasteiger partial charge in [-0.3, -0.25) is 0 Å². The number of piperidine rings is 1. The number of rotatable bonds is 3. The van der Waals surface area contributed by atoms with E-state index in [4.69, 9.17) is 15.2 Å².